The van der Waals surface area contributed by atoms with E-state index in [1.165, 1.54) is 5.56 Å². The van der Waals surface area contributed by atoms with E-state index in [2.05, 4.69) is 29.3 Å². The van der Waals surface area contributed by atoms with Crippen molar-refractivity contribution < 1.29 is 9.53 Å². The molecule has 0 unspecified atom stereocenters. The van der Waals surface area contributed by atoms with Crippen molar-refractivity contribution in [2.45, 2.75) is 13.8 Å². The highest BCUT2D eigenvalue weighted by Gasteiger charge is 2.23. The van der Waals surface area contributed by atoms with Crippen molar-refractivity contribution in [3.05, 3.63) is 53.6 Å². The summed E-state index contributed by atoms with van der Waals surface area (Å²) >= 11 is 0. The van der Waals surface area contributed by atoms with Crippen molar-refractivity contribution in [1.29, 1.82) is 0 Å². The second-order valence-corrected chi connectivity index (χ2v) is 6.39. The summed E-state index contributed by atoms with van der Waals surface area (Å²) in [6, 6.07) is 14.0. The van der Waals surface area contributed by atoms with Crippen LogP contribution in [0.1, 0.15) is 11.1 Å². The summed E-state index contributed by atoms with van der Waals surface area (Å²) < 4.78 is 5.44. The van der Waals surface area contributed by atoms with Gasteiger partial charge in [0.25, 0.3) is 0 Å². The Balaban J connectivity index is 1.61. The number of benzene rings is 2. The number of carbonyl (C=O) groups is 1. The molecule has 3 rings (SSSR count). The summed E-state index contributed by atoms with van der Waals surface area (Å²) in [5.41, 5.74) is 4.24. The van der Waals surface area contributed by atoms with E-state index in [-0.39, 0.29) is 6.03 Å². The Morgan fingerprint density at radius 1 is 1.04 bits per heavy atom. The van der Waals surface area contributed by atoms with Crippen LogP contribution in [0.3, 0.4) is 0 Å². The maximum absolute atomic E-state index is 12.5. The van der Waals surface area contributed by atoms with E-state index in [4.69, 9.17) is 4.74 Å². The number of aryl methyl sites for hydroxylation is 2. The van der Waals surface area contributed by atoms with Gasteiger partial charge in [-0.3, -0.25) is 0 Å². The molecule has 1 aliphatic rings. The quantitative estimate of drug-likeness (QED) is 0.928. The van der Waals surface area contributed by atoms with Gasteiger partial charge in [-0.25, -0.2) is 4.79 Å². The fraction of sp³-hybridized carbons (Fsp3) is 0.350. The fourth-order valence-corrected chi connectivity index (χ4v) is 3.19. The number of hydrogen-bond acceptors (Lipinski definition) is 3. The highest BCUT2D eigenvalue weighted by atomic mass is 16.5. The van der Waals surface area contributed by atoms with E-state index in [0.717, 1.165) is 35.8 Å². The number of rotatable bonds is 3. The minimum atomic E-state index is -0.0355. The first-order valence-electron chi connectivity index (χ1n) is 8.59. The van der Waals surface area contributed by atoms with Gasteiger partial charge in [0.05, 0.1) is 12.8 Å². The number of anilines is 2. The molecule has 1 aliphatic heterocycles. The van der Waals surface area contributed by atoms with Gasteiger partial charge < -0.3 is 19.9 Å². The van der Waals surface area contributed by atoms with Crippen molar-refractivity contribution >= 4 is 17.4 Å². The van der Waals surface area contributed by atoms with Crippen LogP contribution in [0.2, 0.25) is 0 Å². The third-order valence-electron chi connectivity index (χ3n) is 4.62. The van der Waals surface area contributed by atoms with Gasteiger partial charge >= 0.3 is 6.03 Å². The molecule has 5 heteroatoms. The largest absolute Gasteiger partial charge is 0.495 e. The first-order valence-corrected chi connectivity index (χ1v) is 8.59. The van der Waals surface area contributed by atoms with Crippen LogP contribution in [0.25, 0.3) is 0 Å². The van der Waals surface area contributed by atoms with Gasteiger partial charge in [0.15, 0.2) is 0 Å². The molecule has 25 heavy (non-hydrogen) atoms. The predicted octanol–water partition coefficient (Wildman–Crippen LogP) is 3.67. The normalized spacial score (nSPS) is 14.4. The number of para-hydroxylation sites is 2. The molecule has 132 valence electrons. The molecule has 0 bridgehead atoms. The molecule has 0 aliphatic carbocycles. The average molecular weight is 339 g/mol. The molecule has 2 aromatic carbocycles. The molecule has 2 aromatic rings. The van der Waals surface area contributed by atoms with Gasteiger partial charge in [0.2, 0.25) is 0 Å². The molecule has 0 saturated carbocycles. The minimum absolute atomic E-state index is 0.0355. The topological polar surface area (TPSA) is 44.8 Å². The summed E-state index contributed by atoms with van der Waals surface area (Å²) in [6.07, 6.45) is 0. The molecule has 1 N–H and O–H groups in total. The smallest absolute Gasteiger partial charge is 0.321 e. The number of methoxy groups -OCH3 is 1. The maximum atomic E-state index is 12.5. The average Bonchev–Trinajstić information content (AvgIpc) is 2.64. The highest BCUT2D eigenvalue weighted by molar-refractivity contribution is 5.90. The Morgan fingerprint density at radius 2 is 1.76 bits per heavy atom. The van der Waals surface area contributed by atoms with E-state index < -0.39 is 0 Å². The van der Waals surface area contributed by atoms with Crippen molar-refractivity contribution in [2.75, 3.05) is 43.5 Å². The van der Waals surface area contributed by atoms with Crippen LogP contribution >= 0.6 is 0 Å². The fourth-order valence-electron chi connectivity index (χ4n) is 3.19. The lowest BCUT2D eigenvalue weighted by molar-refractivity contribution is 0.208. The van der Waals surface area contributed by atoms with Crippen molar-refractivity contribution in [2.24, 2.45) is 0 Å². The Morgan fingerprint density at radius 3 is 2.44 bits per heavy atom. The van der Waals surface area contributed by atoms with Gasteiger partial charge in [-0.15, -0.1) is 0 Å². The molecule has 1 heterocycles. The zero-order valence-corrected chi connectivity index (χ0v) is 15.1. The van der Waals surface area contributed by atoms with E-state index in [0.29, 0.717) is 13.1 Å². The van der Waals surface area contributed by atoms with E-state index in [1.54, 1.807) is 7.11 Å². The zero-order valence-electron chi connectivity index (χ0n) is 15.1. The van der Waals surface area contributed by atoms with Crippen molar-refractivity contribution in [1.82, 2.24) is 4.90 Å². The van der Waals surface area contributed by atoms with Crippen molar-refractivity contribution in [3.63, 3.8) is 0 Å². The Hall–Kier alpha value is -2.69. The summed E-state index contributed by atoms with van der Waals surface area (Å²) in [4.78, 5) is 16.7. The second kappa shape index (κ2) is 7.47. The number of ether oxygens (including phenoxy) is 1. The van der Waals surface area contributed by atoms with Gasteiger partial charge in [-0.05, 0) is 37.6 Å². The van der Waals surface area contributed by atoms with Crippen LogP contribution in [0, 0.1) is 13.8 Å². The third-order valence-corrected chi connectivity index (χ3v) is 4.62. The number of carbonyl (C=O) groups excluding carboxylic acids is 1. The van der Waals surface area contributed by atoms with Crippen molar-refractivity contribution in [3.8, 4) is 5.75 Å². The first-order chi connectivity index (χ1) is 12.1. The zero-order chi connectivity index (χ0) is 17.8. The molecule has 2 amide bonds. The number of nitrogens with one attached hydrogen (secondary N) is 1. The number of nitrogens with zero attached hydrogens (tertiary/aromatic N) is 2. The lowest BCUT2D eigenvalue weighted by Crippen LogP contribution is -2.50. The molecule has 1 fully saturated rings. The van der Waals surface area contributed by atoms with Gasteiger partial charge in [-0.2, -0.15) is 0 Å². The minimum Gasteiger partial charge on any atom is -0.495 e. The first kappa shape index (κ1) is 17.1. The monoisotopic (exact) mass is 339 g/mol. The number of amides is 2. The molecule has 1 saturated heterocycles. The van der Waals surface area contributed by atoms with E-state index in [9.17, 15) is 4.79 Å². The summed E-state index contributed by atoms with van der Waals surface area (Å²) in [6.45, 7) is 7.03. The number of hydrogen-bond donors (Lipinski definition) is 1. The van der Waals surface area contributed by atoms with Gasteiger partial charge in [0.1, 0.15) is 5.75 Å². The van der Waals surface area contributed by atoms with Crippen LogP contribution < -0.4 is 15.0 Å². The van der Waals surface area contributed by atoms with Gasteiger partial charge in [-0.1, -0.05) is 29.8 Å². The Labute approximate surface area is 149 Å². The number of urea groups is 1. The van der Waals surface area contributed by atoms with Crippen LogP contribution in [0.5, 0.6) is 5.75 Å². The van der Waals surface area contributed by atoms with Crippen LogP contribution in [0.15, 0.2) is 42.5 Å². The summed E-state index contributed by atoms with van der Waals surface area (Å²) in [5, 5.41) is 3.03. The molecular formula is C20H25N3O2. The Kier molecular flexibility index (Phi) is 5.12. The lowest BCUT2D eigenvalue weighted by atomic mass is 10.1. The highest BCUT2D eigenvalue weighted by Crippen LogP contribution is 2.28. The molecular weight excluding hydrogens is 314 g/mol. The van der Waals surface area contributed by atoms with Gasteiger partial charge in [0, 0.05) is 31.9 Å². The molecule has 0 radical (unpaired) electrons. The van der Waals surface area contributed by atoms with Crippen LogP contribution in [0.4, 0.5) is 16.2 Å². The maximum Gasteiger partial charge on any atom is 0.321 e. The van der Waals surface area contributed by atoms with Crippen LogP contribution in [-0.2, 0) is 0 Å². The van der Waals surface area contributed by atoms with Crippen LogP contribution in [-0.4, -0.2) is 44.2 Å². The molecule has 0 spiro atoms. The summed E-state index contributed by atoms with van der Waals surface area (Å²) in [5.74, 6) is 0.871. The standard InChI is InChI=1S/C20H25N3O2/c1-15-8-9-17(16(2)14-15)21-20(24)23-12-10-22(11-13-23)18-6-4-5-7-19(18)25-3/h4-9,14H,10-13H2,1-3H3,(H,21,24). The molecule has 0 aromatic heterocycles. The third kappa shape index (κ3) is 3.87. The lowest BCUT2D eigenvalue weighted by Gasteiger charge is -2.36. The molecule has 5 nitrogen and oxygen atoms in total. The molecule has 0 atom stereocenters. The Bertz CT molecular complexity index is 752. The van der Waals surface area contributed by atoms with E-state index >= 15 is 0 Å². The number of piperazine rings is 1. The summed E-state index contributed by atoms with van der Waals surface area (Å²) in [7, 11) is 1.69. The predicted molar refractivity (Wildman–Crippen MR) is 102 cm³/mol. The second-order valence-electron chi connectivity index (χ2n) is 6.39. The van der Waals surface area contributed by atoms with E-state index in [1.807, 2.05) is 42.2 Å². The SMILES string of the molecule is COc1ccccc1N1CCN(C(=O)Nc2ccc(C)cc2C)CC1.